The fourth-order valence-electron chi connectivity index (χ4n) is 2.10. The molecule has 2 rings (SSSR count). The van der Waals surface area contributed by atoms with Gasteiger partial charge in [-0.2, -0.15) is 5.10 Å². The molecule has 0 radical (unpaired) electrons. The highest BCUT2D eigenvalue weighted by Crippen LogP contribution is 2.26. The lowest BCUT2D eigenvalue weighted by Crippen LogP contribution is -2.05. The normalized spacial score (nSPS) is 10.7. The van der Waals surface area contributed by atoms with Gasteiger partial charge in [0.05, 0.1) is 18.5 Å². The number of hydrogen-bond donors (Lipinski definition) is 1. The van der Waals surface area contributed by atoms with Crippen molar-refractivity contribution in [1.82, 2.24) is 15.1 Å². The molecule has 1 heterocycles. The topological polar surface area (TPSA) is 39.1 Å². The molecule has 2 aromatic rings. The van der Waals surface area contributed by atoms with Crippen molar-refractivity contribution in [2.75, 3.05) is 14.2 Å². The zero-order valence-corrected chi connectivity index (χ0v) is 11.3. The van der Waals surface area contributed by atoms with Gasteiger partial charge < -0.3 is 10.1 Å². The Morgan fingerprint density at radius 1 is 1.33 bits per heavy atom. The highest BCUT2D eigenvalue weighted by Gasteiger charge is 2.08. The molecule has 0 saturated carbocycles. The summed E-state index contributed by atoms with van der Waals surface area (Å²) in [5, 5.41) is 7.58. The number of nitrogens with zero attached hydrogens (tertiary/aromatic N) is 2. The molecule has 0 amide bonds. The molecule has 4 nitrogen and oxygen atoms in total. The van der Waals surface area contributed by atoms with Gasteiger partial charge in [0.15, 0.2) is 0 Å². The van der Waals surface area contributed by atoms with Crippen molar-refractivity contribution in [2.24, 2.45) is 7.05 Å². The van der Waals surface area contributed by atoms with E-state index in [1.165, 1.54) is 0 Å². The number of benzene rings is 1. The largest absolute Gasteiger partial charge is 0.496 e. The highest BCUT2D eigenvalue weighted by molar-refractivity contribution is 5.62. The quantitative estimate of drug-likeness (QED) is 0.896. The van der Waals surface area contributed by atoms with E-state index < -0.39 is 0 Å². The van der Waals surface area contributed by atoms with Crippen molar-refractivity contribution in [3.63, 3.8) is 0 Å². The molecule has 0 aliphatic heterocycles. The molecule has 1 aromatic carbocycles. The van der Waals surface area contributed by atoms with Crippen molar-refractivity contribution in [2.45, 2.75) is 13.5 Å². The van der Waals surface area contributed by atoms with Crippen LogP contribution >= 0.6 is 0 Å². The minimum atomic E-state index is 0.781. The molecule has 0 aliphatic rings. The van der Waals surface area contributed by atoms with E-state index in [-0.39, 0.29) is 0 Å². The van der Waals surface area contributed by atoms with Crippen LogP contribution in [-0.2, 0) is 13.6 Å². The van der Waals surface area contributed by atoms with E-state index in [0.29, 0.717) is 0 Å². The maximum atomic E-state index is 5.28. The van der Waals surface area contributed by atoms with E-state index in [1.54, 1.807) is 7.11 Å². The Morgan fingerprint density at radius 3 is 2.72 bits per heavy atom. The predicted octanol–water partition coefficient (Wildman–Crippen LogP) is 2.12. The number of aryl methyl sites for hydroxylation is 2. The van der Waals surface area contributed by atoms with E-state index in [0.717, 1.165) is 34.8 Å². The van der Waals surface area contributed by atoms with Gasteiger partial charge in [-0.25, -0.2) is 0 Å². The van der Waals surface area contributed by atoms with Crippen LogP contribution in [-0.4, -0.2) is 23.9 Å². The van der Waals surface area contributed by atoms with Gasteiger partial charge in [-0.3, -0.25) is 4.68 Å². The zero-order chi connectivity index (χ0) is 13.1. The van der Waals surface area contributed by atoms with Crippen molar-refractivity contribution in [3.05, 3.63) is 35.5 Å². The second-order valence-electron chi connectivity index (χ2n) is 4.36. The Morgan fingerprint density at radius 2 is 2.11 bits per heavy atom. The number of methoxy groups -OCH3 is 1. The molecule has 0 bridgehead atoms. The first-order valence-corrected chi connectivity index (χ1v) is 5.98. The molecule has 18 heavy (non-hydrogen) atoms. The van der Waals surface area contributed by atoms with Gasteiger partial charge in [0, 0.05) is 19.2 Å². The second kappa shape index (κ2) is 5.23. The minimum absolute atomic E-state index is 0.781. The van der Waals surface area contributed by atoms with Crippen molar-refractivity contribution < 1.29 is 4.74 Å². The SMILES string of the molecule is CNCc1cc(-c2ccc(OC)c(C)c2)n(C)n1. The van der Waals surface area contributed by atoms with E-state index in [4.69, 9.17) is 4.74 Å². The van der Waals surface area contributed by atoms with Crippen LogP contribution in [0.1, 0.15) is 11.3 Å². The molecule has 0 unspecified atom stereocenters. The van der Waals surface area contributed by atoms with Crippen molar-refractivity contribution in [3.8, 4) is 17.0 Å². The minimum Gasteiger partial charge on any atom is -0.496 e. The average Bonchev–Trinajstić information content (AvgIpc) is 2.71. The Hall–Kier alpha value is -1.81. The Labute approximate surface area is 108 Å². The van der Waals surface area contributed by atoms with Crippen LogP contribution in [0.2, 0.25) is 0 Å². The molecule has 0 fully saturated rings. The van der Waals surface area contributed by atoms with Gasteiger partial charge in [-0.05, 0) is 43.8 Å². The third-order valence-electron chi connectivity index (χ3n) is 2.98. The van der Waals surface area contributed by atoms with Gasteiger partial charge in [0.1, 0.15) is 5.75 Å². The molecule has 1 N–H and O–H groups in total. The summed E-state index contributed by atoms with van der Waals surface area (Å²) in [6.45, 7) is 2.83. The van der Waals surface area contributed by atoms with Gasteiger partial charge in [-0.1, -0.05) is 0 Å². The van der Waals surface area contributed by atoms with Crippen LogP contribution in [0.15, 0.2) is 24.3 Å². The molecular weight excluding hydrogens is 226 g/mol. The summed E-state index contributed by atoms with van der Waals surface area (Å²) in [7, 11) is 5.58. The van der Waals surface area contributed by atoms with Crippen molar-refractivity contribution >= 4 is 0 Å². The third-order valence-corrected chi connectivity index (χ3v) is 2.98. The molecule has 0 atom stereocenters. The lowest BCUT2D eigenvalue weighted by atomic mass is 10.1. The monoisotopic (exact) mass is 245 g/mol. The maximum Gasteiger partial charge on any atom is 0.121 e. The zero-order valence-electron chi connectivity index (χ0n) is 11.3. The van der Waals surface area contributed by atoms with Gasteiger partial charge in [0.25, 0.3) is 0 Å². The fourth-order valence-corrected chi connectivity index (χ4v) is 2.10. The highest BCUT2D eigenvalue weighted by atomic mass is 16.5. The first-order valence-electron chi connectivity index (χ1n) is 5.98. The molecule has 0 spiro atoms. The summed E-state index contributed by atoms with van der Waals surface area (Å²) in [5.74, 6) is 0.913. The number of nitrogens with one attached hydrogen (secondary N) is 1. The molecule has 96 valence electrons. The van der Waals surface area contributed by atoms with Gasteiger partial charge in [-0.15, -0.1) is 0 Å². The molecule has 1 aromatic heterocycles. The van der Waals surface area contributed by atoms with Crippen LogP contribution < -0.4 is 10.1 Å². The molecular formula is C14H19N3O. The number of rotatable bonds is 4. The average molecular weight is 245 g/mol. The summed E-state index contributed by atoms with van der Waals surface area (Å²) in [4.78, 5) is 0. The first-order chi connectivity index (χ1) is 8.65. The van der Waals surface area contributed by atoms with Gasteiger partial charge >= 0.3 is 0 Å². The smallest absolute Gasteiger partial charge is 0.121 e. The summed E-state index contributed by atoms with van der Waals surface area (Å²) >= 11 is 0. The van der Waals surface area contributed by atoms with E-state index in [1.807, 2.05) is 31.8 Å². The lowest BCUT2D eigenvalue weighted by Gasteiger charge is -2.07. The standard InChI is InChI=1S/C14H19N3O/c1-10-7-11(5-6-14(10)18-4)13-8-12(9-15-2)16-17(13)3/h5-8,15H,9H2,1-4H3. The Kier molecular flexibility index (Phi) is 3.67. The van der Waals surface area contributed by atoms with E-state index >= 15 is 0 Å². The van der Waals surface area contributed by atoms with Crippen LogP contribution in [0.5, 0.6) is 5.75 Å². The van der Waals surface area contributed by atoms with Crippen molar-refractivity contribution in [1.29, 1.82) is 0 Å². The van der Waals surface area contributed by atoms with Crippen LogP contribution in [0.25, 0.3) is 11.3 Å². The summed E-state index contributed by atoms with van der Waals surface area (Å²) < 4.78 is 7.19. The maximum absolute atomic E-state index is 5.28. The molecule has 0 saturated heterocycles. The first kappa shape index (κ1) is 12.6. The summed E-state index contributed by atoms with van der Waals surface area (Å²) in [6.07, 6.45) is 0. The van der Waals surface area contributed by atoms with E-state index in [9.17, 15) is 0 Å². The number of ether oxygens (including phenoxy) is 1. The fraction of sp³-hybridized carbons (Fsp3) is 0.357. The Bertz CT molecular complexity index is 546. The number of hydrogen-bond acceptors (Lipinski definition) is 3. The third kappa shape index (κ3) is 2.38. The summed E-state index contributed by atoms with van der Waals surface area (Å²) in [6, 6.07) is 8.29. The predicted molar refractivity (Wildman–Crippen MR) is 72.7 cm³/mol. The molecule has 0 aliphatic carbocycles. The lowest BCUT2D eigenvalue weighted by molar-refractivity contribution is 0.412. The van der Waals surface area contributed by atoms with Gasteiger partial charge in [0.2, 0.25) is 0 Å². The molecule has 4 heteroatoms. The Balaban J connectivity index is 2.39. The van der Waals surface area contributed by atoms with Crippen LogP contribution in [0.3, 0.4) is 0 Å². The summed E-state index contributed by atoms with van der Waals surface area (Å²) in [5.41, 5.74) is 4.45. The number of aromatic nitrogens is 2. The van der Waals surface area contributed by atoms with E-state index in [2.05, 4.69) is 28.6 Å². The second-order valence-corrected chi connectivity index (χ2v) is 4.36. The van der Waals surface area contributed by atoms with Crippen LogP contribution in [0.4, 0.5) is 0 Å². The van der Waals surface area contributed by atoms with Crippen LogP contribution in [0, 0.1) is 6.92 Å².